The maximum Gasteiger partial charge on any atom is 0.332 e. The summed E-state index contributed by atoms with van der Waals surface area (Å²) in [5.74, 6) is -0.511. The van der Waals surface area contributed by atoms with Crippen LogP contribution < -0.4 is 21.9 Å². The molecule has 25 heavy (non-hydrogen) atoms. The summed E-state index contributed by atoms with van der Waals surface area (Å²) in [7, 11) is 2.77. The number of aromatic nitrogens is 2. The third kappa shape index (κ3) is 2.95. The highest BCUT2D eigenvalue weighted by atomic mass is 35.5. The largest absolute Gasteiger partial charge is 0.384 e. The molecule has 0 atom stereocenters. The molecule has 132 valence electrons. The second-order valence-corrected chi connectivity index (χ2v) is 6.62. The lowest BCUT2D eigenvalue weighted by Crippen LogP contribution is -2.44. The van der Waals surface area contributed by atoms with Crippen molar-refractivity contribution in [1.82, 2.24) is 9.13 Å². The number of halogens is 1. The highest BCUT2D eigenvalue weighted by Crippen LogP contribution is 2.29. The Morgan fingerprint density at radius 1 is 1.24 bits per heavy atom. The van der Waals surface area contributed by atoms with Gasteiger partial charge in [0.1, 0.15) is 11.4 Å². The molecule has 0 spiro atoms. The summed E-state index contributed by atoms with van der Waals surface area (Å²) in [5.41, 5.74) is 6.50. The van der Waals surface area contributed by atoms with E-state index in [0.717, 1.165) is 33.2 Å². The summed E-state index contributed by atoms with van der Waals surface area (Å²) in [6.45, 7) is 0.721. The summed E-state index contributed by atoms with van der Waals surface area (Å²) in [6.07, 6.45) is 1.78. The zero-order chi connectivity index (χ0) is 18.3. The number of carbonyl (C=O) groups is 1. The highest BCUT2D eigenvalue weighted by molar-refractivity contribution is 6.30. The molecule has 0 amide bonds. The molecule has 0 saturated carbocycles. The second-order valence-electron chi connectivity index (χ2n) is 6.19. The van der Waals surface area contributed by atoms with Gasteiger partial charge in [0.25, 0.3) is 5.56 Å². The fourth-order valence-electron chi connectivity index (χ4n) is 3.18. The van der Waals surface area contributed by atoms with Gasteiger partial charge in [-0.15, -0.1) is 0 Å². The van der Waals surface area contributed by atoms with Crippen molar-refractivity contribution in [2.24, 2.45) is 14.1 Å². The molecule has 0 fully saturated rings. The molecule has 0 radical (unpaired) electrons. The van der Waals surface area contributed by atoms with Gasteiger partial charge in [0, 0.05) is 31.4 Å². The number of nitrogen functional groups attached to an aromatic ring is 1. The molecule has 2 aromatic rings. The predicted octanol–water partition coefficient (Wildman–Crippen LogP) is 0.955. The number of anilines is 2. The number of nitrogens with zero attached hydrogens (tertiary/aromatic N) is 3. The first kappa shape index (κ1) is 17.3. The molecule has 8 heteroatoms. The van der Waals surface area contributed by atoms with Crippen molar-refractivity contribution in [3.05, 3.63) is 55.2 Å². The third-order valence-electron chi connectivity index (χ3n) is 4.58. The molecule has 2 heterocycles. The topological polar surface area (TPSA) is 90.3 Å². The van der Waals surface area contributed by atoms with Crippen LogP contribution in [0.25, 0.3) is 0 Å². The fourth-order valence-corrected chi connectivity index (χ4v) is 3.38. The van der Waals surface area contributed by atoms with Crippen LogP contribution >= 0.6 is 11.6 Å². The van der Waals surface area contributed by atoms with Gasteiger partial charge in [0.05, 0.1) is 6.54 Å². The molecule has 7 nitrogen and oxygen atoms in total. The minimum Gasteiger partial charge on any atom is -0.384 e. The summed E-state index contributed by atoms with van der Waals surface area (Å²) in [5, 5.41) is 0.656. The first-order chi connectivity index (χ1) is 11.8. The van der Waals surface area contributed by atoms with Gasteiger partial charge < -0.3 is 10.6 Å². The number of nitrogens with two attached hydrogens (primary N) is 1. The first-order valence-corrected chi connectivity index (χ1v) is 8.31. The minimum absolute atomic E-state index is 0.0201. The number of carbonyl (C=O) groups excluding carboxylic acids is 1. The van der Waals surface area contributed by atoms with Gasteiger partial charge in [-0.3, -0.25) is 18.7 Å². The number of hydrogen-bond donors (Lipinski definition) is 1. The van der Waals surface area contributed by atoms with E-state index in [1.807, 2.05) is 17.0 Å². The van der Waals surface area contributed by atoms with Crippen molar-refractivity contribution in [3.63, 3.8) is 0 Å². The zero-order valence-electron chi connectivity index (χ0n) is 14.1. The normalized spacial score (nSPS) is 13.6. The van der Waals surface area contributed by atoms with Gasteiger partial charge in [0.2, 0.25) is 0 Å². The number of aryl methyl sites for hydroxylation is 1. The number of fused-ring (bicyclic) bond motifs is 1. The Balaban J connectivity index is 1.98. The number of benzene rings is 1. The number of Topliss-reactive ketones (excluding diaryl/α,β-unsaturated/α-hetero) is 1. The molecule has 0 aliphatic carbocycles. The minimum atomic E-state index is -0.668. The van der Waals surface area contributed by atoms with Crippen LogP contribution in [0.5, 0.6) is 0 Å². The van der Waals surface area contributed by atoms with E-state index < -0.39 is 17.0 Å². The molecule has 3 rings (SSSR count). The van der Waals surface area contributed by atoms with E-state index in [-0.39, 0.29) is 17.9 Å². The van der Waals surface area contributed by atoms with Crippen LogP contribution in [-0.4, -0.2) is 28.0 Å². The summed E-state index contributed by atoms with van der Waals surface area (Å²) >= 11 is 6.04. The maximum atomic E-state index is 12.8. The first-order valence-electron chi connectivity index (χ1n) is 7.93. The molecule has 1 aromatic heterocycles. The van der Waals surface area contributed by atoms with Crippen molar-refractivity contribution in [3.8, 4) is 0 Å². The second kappa shape index (κ2) is 6.40. The van der Waals surface area contributed by atoms with Crippen molar-refractivity contribution < 1.29 is 4.79 Å². The van der Waals surface area contributed by atoms with Crippen LogP contribution in [0.4, 0.5) is 11.5 Å². The van der Waals surface area contributed by atoms with Crippen molar-refractivity contribution >= 4 is 28.9 Å². The quantitative estimate of drug-likeness (QED) is 0.821. The summed E-state index contributed by atoms with van der Waals surface area (Å²) in [6, 6.07) is 5.56. The van der Waals surface area contributed by atoms with Crippen LogP contribution in [0.2, 0.25) is 5.02 Å². The fraction of sp³-hybridized carbons (Fsp3) is 0.353. The molecule has 2 N–H and O–H groups in total. The van der Waals surface area contributed by atoms with E-state index in [1.54, 1.807) is 6.07 Å². The average Bonchev–Trinajstić information content (AvgIpc) is 2.58. The molecular formula is C17H19ClN4O3. The van der Waals surface area contributed by atoms with Crippen LogP contribution in [0.3, 0.4) is 0 Å². The van der Waals surface area contributed by atoms with E-state index in [0.29, 0.717) is 11.6 Å². The maximum absolute atomic E-state index is 12.8. The Labute approximate surface area is 149 Å². The number of hydrogen-bond acceptors (Lipinski definition) is 5. The van der Waals surface area contributed by atoms with Gasteiger partial charge in [0.15, 0.2) is 5.78 Å². The Bertz CT molecular complexity index is 977. The smallest absolute Gasteiger partial charge is 0.332 e. The van der Waals surface area contributed by atoms with Gasteiger partial charge in [-0.1, -0.05) is 11.6 Å². The van der Waals surface area contributed by atoms with Crippen LogP contribution in [0.1, 0.15) is 22.3 Å². The van der Waals surface area contributed by atoms with Crippen LogP contribution in [0, 0.1) is 0 Å². The Hall–Kier alpha value is -2.54. The lowest BCUT2D eigenvalue weighted by Gasteiger charge is -2.31. The van der Waals surface area contributed by atoms with Crippen LogP contribution in [-0.2, 0) is 20.5 Å². The van der Waals surface area contributed by atoms with Gasteiger partial charge in [-0.05, 0) is 36.6 Å². The number of ketones is 1. The predicted molar refractivity (Wildman–Crippen MR) is 97.7 cm³/mol. The SMILES string of the molecule is Cn1c(N)c(C(=O)CN2CCCc3cc(Cl)ccc32)c(=O)n(C)c1=O. The Morgan fingerprint density at radius 3 is 2.68 bits per heavy atom. The van der Waals surface area contributed by atoms with E-state index in [2.05, 4.69) is 0 Å². The van der Waals surface area contributed by atoms with E-state index in [4.69, 9.17) is 17.3 Å². The summed E-state index contributed by atoms with van der Waals surface area (Å²) < 4.78 is 2.01. The van der Waals surface area contributed by atoms with Gasteiger partial charge >= 0.3 is 5.69 Å². The van der Waals surface area contributed by atoms with E-state index >= 15 is 0 Å². The lowest BCUT2D eigenvalue weighted by atomic mass is 10.0. The van der Waals surface area contributed by atoms with Crippen molar-refractivity contribution in [2.45, 2.75) is 12.8 Å². The standard InChI is InChI=1S/C17H19ClN4O3/c1-20-15(19)14(16(24)21(2)17(20)25)13(23)9-22-7-3-4-10-8-11(18)5-6-12(10)22/h5-6,8H,3-4,7,9,19H2,1-2H3. The van der Waals surface area contributed by atoms with Crippen molar-refractivity contribution in [2.75, 3.05) is 23.7 Å². The van der Waals surface area contributed by atoms with Gasteiger partial charge in [-0.25, -0.2) is 4.79 Å². The van der Waals surface area contributed by atoms with E-state index in [9.17, 15) is 14.4 Å². The van der Waals surface area contributed by atoms with Crippen LogP contribution in [0.15, 0.2) is 27.8 Å². The molecule has 0 bridgehead atoms. The molecule has 1 aliphatic rings. The van der Waals surface area contributed by atoms with E-state index in [1.165, 1.54) is 14.1 Å². The lowest BCUT2D eigenvalue weighted by molar-refractivity contribution is 0.0996. The zero-order valence-corrected chi connectivity index (χ0v) is 14.8. The Kier molecular flexibility index (Phi) is 4.43. The molecule has 0 saturated heterocycles. The number of rotatable bonds is 3. The molecule has 1 aromatic carbocycles. The highest BCUT2D eigenvalue weighted by Gasteiger charge is 2.24. The average molecular weight is 363 g/mol. The van der Waals surface area contributed by atoms with Gasteiger partial charge in [-0.2, -0.15) is 0 Å². The summed E-state index contributed by atoms with van der Waals surface area (Å²) in [4.78, 5) is 38.9. The molecule has 1 aliphatic heterocycles. The van der Waals surface area contributed by atoms with Crippen molar-refractivity contribution in [1.29, 1.82) is 0 Å². The monoisotopic (exact) mass is 362 g/mol. The Morgan fingerprint density at radius 2 is 1.96 bits per heavy atom. The molecule has 0 unspecified atom stereocenters. The molecular weight excluding hydrogens is 344 g/mol. The third-order valence-corrected chi connectivity index (χ3v) is 4.81.